The predicted octanol–water partition coefficient (Wildman–Crippen LogP) is 3.46. The Morgan fingerprint density at radius 1 is 1.45 bits per heavy atom. The third kappa shape index (κ3) is 2.98. The van der Waals surface area contributed by atoms with Crippen molar-refractivity contribution in [1.29, 1.82) is 0 Å². The van der Waals surface area contributed by atoms with Crippen LogP contribution in [0.2, 0.25) is 5.02 Å². The number of aliphatic hydroxyl groups is 1. The van der Waals surface area contributed by atoms with Gasteiger partial charge in [-0.15, -0.1) is 0 Å². The van der Waals surface area contributed by atoms with E-state index in [1.54, 1.807) is 18.3 Å². The molecule has 1 N–H and O–H groups in total. The van der Waals surface area contributed by atoms with Gasteiger partial charge in [0.25, 0.3) is 0 Å². The molecule has 0 aromatic carbocycles. The molecule has 3 rings (SSSR count). The van der Waals surface area contributed by atoms with E-state index < -0.39 is 6.10 Å². The third-order valence-electron chi connectivity index (χ3n) is 4.45. The van der Waals surface area contributed by atoms with Crippen molar-refractivity contribution in [2.24, 2.45) is 5.92 Å². The van der Waals surface area contributed by atoms with E-state index in [9.17, 15) is 5.11 Å². The van der Waals surface area contributed by atoms with E-state index in [4.69, 9.17) is 16.3 Å². The summed E-state index contributed by atoms with van der Waals surface area (Å²) in [4.78, 5) is 4.26. The Morgan fingerprint density at radius 2 is 2.25 bits per heavy atom. The number of pyridine rings is 1. The molecule has 0 amide bonds. The van der Waals surface area contributed by atoms with Gasteiger partial charge in [0.15, 0.2) is 0 Å². The van der Waals surface area contributed by atoms with E-state index >= 15 is 0 Å². The molecule has 5 heteroatoms. The van der Waals surface area contributed by atoms with Crippen molar-refractivity contribution in [3.63, 3.8) is 0 Å². The largest absolute Gasteiger partial charge is 0.386 e. The standard InChI is InChI=1S/C15H20ClNO2S/c16-12-2-1-6-17-13(12)14(18)11-3-7-19-15(10-11)4-8-20-9-5-15/h1-2,6,11,14,18H,3-5,7-10H2. The first kappa shape index (κ1) is 14.6. The Kier molecular flexibility index (Phi) is 4.55. The van der Waals surface area contributed by atoms with E-state index in [0.29, 0.717) is 10.7 Å². The highest BCUT2D eigenvalue weighted by molar-refractivity contribution is 7.99. The maximum absolute atomic E-state index is 10.6. The second-order valence-corrected chi connectivity index (χ2v) is 7.34. The Hall–Kier alpha value is -0.290. The van der Waals surface area contributed by atoms with Crippen molar-refractivity contribution in [3.8, 4) is 0 Å². The fourth-order valence-electron chi connectivity index (χ4n) is 3.27. The number of halogens is 1. The van der Waals surface area contributed by atoms with Crippen LogP contribution in [-0.2, 0) is 4.74 Å². The molecule has 3 heterocycles. The summed E-state index contributed by atoms with van der Waals surface area (Å²) in [6.45, 7) is 0.733. The van der Waals surface area contributed by atoms with Gasteiger partial charge in [-0.05, 0) is 55.2 Å². The van der Waals surface area contributed by atoms with Crippen molar-refractivity contribution in [2.45, 2.75) is 37.4 Å². The van der Waals surface area contributed by atoms with Gasteiger partial charge in [0, 0.05) is 12.8 Å². The molecule has 0 aliphatic carbocycles. The normalized spacial score (nSPS) is 27.4. The smallest absolute Gasteiger partial charge is 0.100 e. The van der Waals surface area contributed by atoms with Crippen molar-refractivity contribution in [3.05, 3.63) is 29.0 Å². The van der Waals surface area contributed by atoms with Crippen LogP contribution in [0.4, 0.5) is 0 Å². The molecule has 20 heavy (non-hydrogen) atoms. The summed E-state index contributed by atoms with van der Waals surface area (Å²) in [7, 11) is 0. The first-order chi connectivity index (χ1) is 9.70. The second-order valence-electron chi connectivity index (χ2n) is 5.71. The number of hydrogen-bond acceptors (Lipinski definition) is 4. The fraction of sp³-hybridized carbons (Fsp3) is 0.667. The van der Waals surface area contributed by atoms with Gasteiger partial charge in [0.2, 0.25) is 0 Å². The maximum atomic E-state index is 10.6. The molecule has 2 atom stereocenters. The molecule has 110 valence electrons. The maximum Gasteiger partial charge on any atom is 0.100 e. The minimum absolute atomic E-state index is 0.0175. The fourth-order valence-corrected chi connectivity index (χ4v) is 4.74. The van der Waals surface area contributed by atoms with E-state index in [1.165, 1.54) is 0 Å². The van der Waals surface area contributed by atoms with E-state index in [1.807, 2.05) is 11.8 Å². The molecule has 0 bridgehead atoms. The highest BCUT2D eigenvalue weighted by Gasteiger charge is 2.41. The lowest BCUT2D eigenvalue weighted by molar-refractivity contribution is -0.121. The van der Waals surface area contributed by atoms with Crippen LogP contribution in [0, 0.1) is 5.92 Å². The lowest BCUT2D eigenvalue weighted by atomic mass is 9.79. The minimum Gasteiger partial charge on any atom is -0.386 e. The van der Waals surface area contributed by atoms with E-state index in [-0.39, 0.29) is 11.5 Å². The summed E-state index contributed by atoms with van der Waals surface area (Å²) in [5, 5.41) is 11.2. The van der Waals surface area contributed by atoms with Crippen LogP contribution >= 0.6 is 23.4 Å². The average molecular weight is 314 g/mol. The SMILES string of the molecule is OC(c1ncccc1Cl)C1CCOC2(CCSCC2)C1. The summed E-state index contributed by atoms with van der Waals surface area (Å²) in [5.41, 5.74) is 0.595. The third-order valence-corrected chi connectivity index (χ3v) is 5.75. The first-order valence-corrected chi connectivity index (χ1v) is 8.74. The lowest BCUT2D eigenvalue weighted by Crippen LogP contribution is -2.44. The molecular formula is C15H20ClNO2S. The highest BCUT2D eigenvalue weighted by atomic mass is 35.5. The average Bonchev–Trinajstić information content (AvgIpc) is 2.48. The summed E-state index contributed by atoms with van der Waals surface area (Å²) in [5.74, 6) is 2.51. The highest BCUT2D eigenvalue weighted by Crippen LogP contribution is 2.43. The summed E-state index contributed by atoms with van der Waals surface area (Å²) >= 11 is 8.15. The quantitative estimate of drug-likeness (QED) is 0.908. The first-order valence-electron chi connectivity index (χ1n) is 7.20. The van der Waals surface area contributed by atoms with Gasteiger partial charge in [-0.25, -0.2) is 0 Å². The molecule has 1 aromatic heterocycles. The van der Waals surface area contributed by atoms with Crippen molar-refractivity contribution >= 4 is 23.4 Å². The molecule has 0 radical (unpaired) electrons. The van der Waals surface area contributed by atoms with Gasteiger partial charge in [-0.1, -0.05) is 11.6 Å². The summed E-state index contributed by atoms with van der Waals surface area (Å²) in [6.07, 6.45) is 5.09. The van der Waals surface area contributed by atoms with Crippen molar-refractivity contribution in [2.75, 3.05) is 18.1 Å². The minimum atomic E-state index is -0.584. The van der Waals surface area contributed by atoms with Crippen LogP contribution in [-0.4, -0.2) is 33.8 Å². The predicted molar refractivity (Wildman–Crippen MR) is 82.2 cm³/mol. The lowest BCUT2D eigenvalue weighted by Gasteiger charge is -2.44. The van der Waals surface area contributed by atoms with E-state index in [0.717, 1.165) is 43.8 Å². The van der Waals surface area contributed by atoms with Gasteiger partial charge in [-0.3, -0.25) is 4.98 Å². The van der Waals surface area contributed by atoms with E-state index in [2.05, 4.69) is 4.98 Å². The number of ether oxygens (including phenoxy) is 1. The monoisotopic (exact) mass is 313 g/mol. The molecule has 2 fully saturated rings. The van der Waals surface area contributed by atoms with Crippen molar-refractivity contribution in [1.82, 2.24) is 4.98 Å². The Balaban J connectivity index is 1.75. The summed E-state index contributed by atoms with van der Waals surface area (Å²) < 4.78 is 6.08. The molecule has 0 saturated carbocycles. The number of nitrogens with zero attached hydrogens (tertiary/aromatic N) is 1. The zero-order valence-corrected chi connectivity index (χ0v) is 13.0. The number of thioether (sulfide) groups is 1. The van der Waals surface area contributed by atoms with Crippen LogP contribution < -0.4 is 0 Å². The number of aromatic nitrogens is 1. The van der Waals surface area contributed by atoms with Gasteiger partial charge >= 0.3 is 0 Å². The number of rotatable bonds is 2. The topological polar surface area (TPSA) is 42.4 Å². The van der Waals surface area contributed by atoms with Gasteiger partial charge in [0.05, 0.1) is 16.3 Å². The molecular weight excluding hydrogens is 294 g/mol. The van der Waals surface area contributed by atoms with Crippen LogP contribution in [0.3, 0.4) is 0 Å². The Labute approximate surface area is 129 Å². The van der Waals surface area contributed by atoms with Gasteiger partial charge in [0.1, 0.15) is 6.10 Å². The van der Waals surface area contributed by atoms with Crippen LogP contribution in [0.15, 0.2) is 18.3 Å². The second kappa shape index (κ2) is 6.22. The molecule has 3 nitrogen and oxygen atoms in total. The Morgan fingerprint density at radius 3 is 3.00 bits per heavy atom. The zero-order chi connectivity index (χ0) is 14.0. The van der Waals surface area contributed by atoms with Crippen molar-refractivity contribution < 1.29 is 9.84 Å². The molecule has 2 aliphatic heterocycles. The van der Waals surface area contributed by atoms with Gasteiger partial charge in [-0.2, -0.15) is 11.8 Å². The summed E-state index contributed by atoms with van der Waals surface area (Å²) in [6, 6.07) is 3.59. The Bertz CT molecular complexity index is 459. The molecule has 2 unspecified atom stereocenters. The van der Waals surface area contributed by atoms with Crippen LogP contribution in [0.25, 0.3) is 0 Å². The molecule has 2 saturated heterocycles. The molecule has 1 spiro atoms. The number of hydrogen-bond donors (Lipinski definition) is 1. The van der Waals surface area contributed by atoms with Gasteiger partial charge < -0.3 is 9.84 Å². The van der Waals surface area contributed by atoms with Crippen LogP contribution in [0.1, 0.15) is 37.5 Å². The zero-order valence-electron chi connectivity index (χ0n) is 11.4. The van der Waals surface area contributed by atoms with Crippen LogP contribution in [0.5, 0.6) is 0 Å². The number of aliphatic hydroxyl groups excluding tert-OH is 1. The molecule has 1 aromatic rings. The molecule has 2 aliphatic rings.